The van der Waals surface area contributed by atoms with Gasteiger partial charge in [-0.25, -0.2) is 0 Å². The van der Waals surface area contributed by atoms with Gasteiger partial charge >= 0.3 is 0 Å². The SMILES string of the molecule is Cc1ccc(N2c3ccccc3B3c4sc5cc6c(cc5c4N(c4ccc(C(C)(C)C)cc4)c4cc(C)cc2c43)C2(c3ccccc3-c3ccccc32)c2cc(C(C)(C)C)ccc2-6)cc1. The van der Waals surface area contributed by atoms with Gasteiger partial charge in [0.1, 0.15) is 0 Å². The molecule has 4 heteroatoms. The Morgan fingerprint density at radius 3 is 1.69 bits per heavy atom. The van der Waals surface area contributed by atoms with E-state index in [2.05, 4.69) is 229 Å². The quantitative estimate of drug-likeness (QED) is 0.160. The average molecular weight is 855 g/mol. The van der Waals surface area contributed by atoms with Gasteiger partial charge in [0, 0.05) is 43.3 Å². The highest BCUT2D eigenvalue weighted by Crippen LogP contribution is 2.64. The van der Waals surface area contributed by atoms with E-state index >= 15 is 0 Å². The van der Waals surface area contributed by atoms with E-state index < -0.39 is 5.41 Å². The van der Waals surface area contributed by atoms with Crippen molar-refractivity contribution < 1.29 is 0 Å². The molecule has 314 valence electrons. The van der Waals surface area contributed by atoms with E-state index in [1.165, 1.54) is 127 Å². The summed E-state index contributed by atoms with van der Waals surface area (Å²) in [4.78, 5) is 5.16. The van der Waals surface area contributed by atoms with E-state index in [0.717, 1.165) is 0 Å². The van der Waals surface area contributed by atoms with Crippen molar-refractivity contribution in [1.29, 1.82) is 0 Å². The van der Waals surface area contributed by atoms with Gasteiger partial charge in [-0.1, -0.05) is 156 Å². The number of benzene rings is 8. The van der Waals surface area contributed by atoms with Crippen LogP contribution in [0.4, 0.5) is 34.1 Å². The third kappa shape index (κ3) is 5.23. The van der Waals surface area contributed by atoms with Gasteiger partial charge in [-0.05, 0) is 151 Å². The summed E-state index contributed by atoms with van der Waals surface area (Å²) in [5.74, 6) is 0. The average Bonchev–Trinajstić information content (AvgIpc) is 3.91. The van der Waals surface area contributed by atoms with Gasteiger partial charge in [0.25, 0.3) is 6.71 Å². The molecule has 0 saturated carbocycles. The Balaban J connectivity index is 1.15. The largest absolute Gasteiger partial charge is 0.311 e. The molecule has 0 atom stereocenters. The fraction of sp³-hybridized carbons (Fsp3) is 0.180. The molecule has 4 aliphatic rings. The first-order chi connectivity index (χ1) is 31.3. The highest BCUT2D eigenvalue weighted by molar-refractivity contribution is 7.33. The van der Waals surface area contributed by atoms with E-state index in [-0.39, 0.29) is 17.5 Å². The molecular formula is C61H51BN2S. The summed E-state index contributed by atoms with van der Waals surface area (Å²) >= 11 is 2.00. The Morgan fingerprint density at radius 1 is 0.462 bits per heavy atom. The molecule has 1 spiro atoms. The first-order valence-corrected chi connectivity index (χ1v) is 24.1. The number of hydrogen-bond donors (Lipinski definition) is 0. The van der Waals surface area contributed by atoms with Crippen LogP contribution in [0.1, 0.15) is 86.1 Å². The minimum atomic E-state index is -0.455. The topological polar surface area (TPSA) is 6.48 Å². The number of nitrogens with zero attached hydrogens (tertiary/aromatic N) is 2. The molecule has 2 aliphatic carbocycles. The lowest BCUT2D eigenvalue weighted by Crippen LogP contribution is -2.60. The van der Waals surface area contributed by atoms with Crippen molar-refractivity contribution in [2.45, 2.75) is 71.6 Å². The number of anilines is 6. The molecule has 0 amide bonds. The van der Waals surface area contributed by atoms with Crippen molar-refractivity contribution in [2.24, 2.45) is 0 Å². The lowest BCUT2D eigenvalue weighted by atomic mass is 9.36. The first kappa shape index (κ1) is 38.8. The summed E-state index contributed by atoms with van der Waals surface area (Å²) in [6.07, 6.45) is 0. The van der Waals surface area contributed by atoms with E-state index in [1.807, 2.05) is 11.3 Å². The number of rotatable bonds is 2. The molecular weight excluding hydrogens is 804 g/mol. The Hall–Kier alpha value is -6.62. The zero-order chi connectivity index (χ0) is 44.3. The predicted octanol–water partition coefficient (Wildman–Crippen LogP) is 14.5. The van der Waals surface area contributed by atoms with Crippen LogP contribution in [0, 0.1) is 13.8 Å². The standard InChI is InChI=1S/C61H51BN2S/c1-36-21-26-40(27-22-36)63-52-20-14-13-19-51(52)62-56-53(63)31-37(2)32-54(56)64(41-28-23-38(24-29-41)59(3,4)5)57-46-34-50-45(35-55(46)65-58(57)62)44-30-25-39(60(6,7)8)33-49(44)61(50)47-17-11-9-15-42(47)43-16-10-12-18-48(43)61/h9-35H,1-8H3. The van der Waals surface area contributed by atoms with Gasteiger partial charge in [-0.3, -0.25) is 0 Å². The fourth-order valence-electron chi connectivity index (χ4n) is 12.0. The van der Waals surface area contributed by atoms with Crippen LogP contribution in [0.3, 0.4) is 0 Å². The maximum Gasteiger partial charge on any atom is 0.264 e. The Labute approximate surface area is 387 Å². The number of hydrogen-bond acceptors (Lipinski definition) is 3. The van der Waals surface area contributed by atoms with Gasteiger partial charge in [0.2, 0.25) is 0 Å². The summed E-state index contributed by atoms with van der Waals surface area (Å²) in [5.41, 5.74) is 25.9. The molecule has 9 aromatic rings. The molecule has 13 rings (SSSR count). The van der Waals surface area contributed by atoms with E-state index in [4.69, 9.17) is 0 Å². The Kier molecular flexibility index (Phi) is 7.91. The molecule has 8 aromatic carbocycles. The van der Waals surface area contributed by atoms with E-state index in [1.54, 1.807) is 0 Å². The summed E-state index contributed by atoms with van der Waals surface area (Å²) in [5, 5.41) is 1.32. The number of aryl methyl sites for hydroxylation is 2. The highest BCUT2D eigenvalue weighted by atomic mass is 32.1. The minimum absolute atomic E-state index is 0.000785. The van der Waals surface area contributed by atoms with Crippen molar-refractivity contribution in [3.05, 3.63) is 208 Å². The fourth-order valence-corrected chi connectivity index (χ4v) is 13.4. The van der Waals surface area contributed by atoms with Crippen molar-refractivity contribution in [2.75, 3.05) is 9.80 Å². The molecule has 0 bridgehead atoms. The number of para-hydroxylation sites is 1. The molecule has 2 aliphatic heterocycles. The van der Waals surface area contributed by atoms with Crippen molar-refractivity contribution >= 4 is 78.0 Å². The lowest BCUT2D eigenvalue weighted by Gasteiger charge is -2.43. The predicted molar refractivity (Wildman–Crippen MR) is 279 cm³/mol. The third-order valence-electron chi connectivity index (χ3n) is 15.1. The normalized spacial score (nSPS) is 14.8. The molecule has 0 unspecified atom stereocenters. The number of fused-ring (bicyclic) bond motifs is 16. The maximum absolute atomic E-state index is 2.64. The second kappa shape index (κ2) is 13.2. The number of thiophene rings is 1. The second-order valence-electron chi connectivity index (χ2n) is 21.1. The first-order valence-electron chi connectivity index (χ1n) is 23.3. The monoisotopic (exact) mass is 854 g/mol. The van der Waals surface area contributed by atoms with Crippen LogP contribution in [0.2, 0.25) is 0 Å². The molecule has 0 fully saturated rings. The summed E-state index contributed by atoms with van der Waals surface area (Å²) in [6.45, 7) is 18.5. The lowest BCUT2D eigenvalue weighted by molar-refractivity contribution is 0.588. The van der Waals surface area contributed by atoms with Gasteiger partial charge in [-0.15, -0.1) is 11.3 Å². The van der Waals surface area contributed by atoms with Crippen molar-refractivity contribution in [3.63, 3.8) is 0 Å². The van der Waals surface area contributed by atoms with Crippen molar-refractivity contribution in [1.82, 2.24) is 0 Å². The molecule has 0 N–H and O–H groups in total. The van der Waals surface area contributed by atoms with Crippen LogP contribution in [0.5, 0.6) is 0 Å². The molecule has 3 heterocycles. The molecule has 65 heavy (non-hydrogen) atoms. The van der Waals surface area contributed by atoms with Crippen molar-refractivity contribution in [3.8, 4) is 22.3 Å². The van der Waals surface area contributed by atoms with Gasteiger partial charge in [0.15, 0.2) is 0 Å². The van der Waals surface area contributed by atoms with Gasteiger partial charge in [0.05, 0.1) is 11.1 Å². The molecule has 2 nitrogen and oxygen atoms in total. The van der Waals surface area contributed by atoms with Gasteiger partial charge < -0.3 is 9.80 Å². The zero-order valence-corrected chi connectivity index (χ0v) is 39.3. The molecule has 0 saturated heterocycles. The summed E-state index contributed by atoms with van der Waals surface area (Å²) < 4.78 is 2.74. The maximum atomic E-state index is 2.64. The van der Waals surface area contributed by atoms with E-state index in [0.29, 0.717) is 0 Å². The highest BCUT2D eigenvalue weighted by Gasteiger charge is 2.53. The second-order valence-corrected chi connectivity index (χ2v) is 22.2. The van der Waals surface area contributed by atoms with Crippen LogP contribution in [-0.4, -0.2) is 6.71 Å². The summed E-state index contributed by atoms with van der Waals surface area (Å²) in [6, 6.07) is 63.6. The van der Waals surface area contributed by atoms with Crippen LogP contribution >= 0.6 is 11.3 Å². The van der Waals surface area contributed by atoms with Crippen LogP contribution < -0.4 is 25.5 Å². The van der Waals surface area contributed by atoms with Crippen LogP contribution in [0.15, 0.2) is 164 Å². The van der Waals surface area contributed by atoms with Crippen LogP contribution in [0.25, 0.3) is 32.3 Å². The third-order valence-corrected chi connectivity index (χ3v) is 16.3. The molecule has 1 aromatic heterocycles. The van der Waals surface area contributed by atoms with E-state index in [9.17, 15) is 0 Å². The van der Waals surface area contributed by atoms with Gasteiger partial charge in [-0.2, -0.15) is 0 Å². The Bertz CT molecular complexity index is 3440. The summed E-state index contributed by atoms with van der Waals surface area (Å²) in [7, 11) is 0. The minimum Gasteiger partial charge on any atom is -0.311 e. The zero-order valence-electron chi connectivity index (χ0n) is 38.5. The smallest absolute Gasteiger partial charge is 0.264 e. The Morgan fingerprint density at radius 2 is 1.02 bits per heavy atom. The van der Waals surface area contributed by atoms with Crippen LogP contribution in [-0.2, 0) is 16.2 Å². The molecule has 0 radical (unpaired) electrons.